The first-order valence-electron chi connectivity index (χ1n) is 10.4. The van der Waals surface area contributed by atoms with Gasteiger partial charge < -0.3 is 30.6 Å². The van der Waals surface area contributed by atoms with E-state index in [-0.39, 0.29) is 10.8 Å². The van der Waals surface area contributed by atoms with Gasteiger partial charge in [-0.15, -0.1) is 0 Å². The molecule has 192 valence electrons. The number of rotatable bonds is 6. The van der Waals surface area contributed by atoms with Gasteiger partial charge in [-0.05, 0) is 33.7 Å². The Morgan fingerprint density at radius 1 is 0.395 bits per heavy atom. The molecule has 0 bridgehead atoms. The van der Waals surface area contributed by atoms with E-state index in [9.17, 15) is 28.8 Å². The fourth-order valence-electron chi connectivity index (χ4n) is 3.92. The molecule has 0 aliphatic rings. The zero-order chi connectivity index (χ0) is 28.3. The molecule has 0 radical (unpaired) electrons. The Kier molecular flexibility index (Phi) is 7.38. The maximum absolute atomic E-state index is 11.3. The van der Waals surface area contributed by atoms with Crippen LogP contribution in [0.1, 0.15) is 62.1 Å². The van der Waals surface area contributed by atoms with Crippen LogP contribution in [0, 0.1) is 0 Å². The molecule has 0 aromatic heterocycles. The average Bonchev–Trinajstić information content (AvgIpc) is 2.86. The van der Waals surface area contributed by atoms with E-state index in [1.54, 1.807) is 24.3 Å². The molecular formula is C26H16O12. The summed E-state index contributed by atoms with van der Waals surface area (Å²) in [5.74, 6) is -9.08. The van der Waals surface area contributed by atoms with Crippen molar-refractivity contribution in [1.82, 2.24) is 0 Å². The minimum Gasteiger partial charge on any atom is -0.478 e. The molecule has 0 heterocycles. The van der Waals surface area contributed by atoms with Crippen LogP contribution in [0.2, 0.25) is 0 Å². The van der Waals surface area contributed by atoms with Crippen molar-refractivity contribution in [1.29, 1.82) is 0 Å². The second kappa shape index (κ2) is 10.5. The first-order chi connectivity index (χ1) is 17.9. The topological polar surface area (TPSA) is 224 Å². The molecule has 12 heteroatoms. The molecule has 0 fully saturated rings. The van der Waals surface area contributed by atoms with Gasteiger partial charge in [-0.3, -0.25) is 0 Å². The average molecular weight is 520 g/mol. The van der Waals surface area contributed by atoms with Gasteiger partial charge in [-0.1, -0.05) is 48.5 Å². The monoisotopic (exact) mass is 520 g/mol. The molecule has 0 unspecified atom stereocenters. The van der Waals surface area contributed by atoms with Crippen LogP contribution < -0.4 is 0 Å². The molecular weight excluding hydrogens is 504 g/mol. The number of fused-ring (bicyclic) bond motifs is 2. The predicted octanol–water partition coefficient (Wildman–Crippen LogP) is 3.87. The molecule has 4 aromatic carbocycles. The summed E-state index contributed by atoms with van der Waals surface area (Å²) in [5, 5.41) is 55.6. The Balaban J connectivity index is 0.000000211. The van der Waals surface area contributed by atoms with E-state index in [0.29, 0.717) is 10.8 Å². The van der Waals surface area contributed by atoms with E-state index in [1.807, 2.05) is 0 Å². The molecule has 0 atom stereocenters. The highest BCUT2D eigenvalue weighted by molar-refractivity contribution is 6.18. The van der Waals surface area contributed by atoms with Gasteiger partial charge in [0.2, 0.25) is 0 Å². The van der Waals surface area contributed by atoms with Gasteiger partial charge in [0.25, 0.3) is 0 Å². The second-order valence-electron chi connectivity index (χ2n) is 7.62. The summed E-state index contributed by atoms with van der Waals surface area (Å²) < 4.78 is 0. The van der Waals surface area contributed by atoms with Gasteiger partial charge in [0.15, 0.2) is 0 Å². The highest BCUT2D eigenvalue weighted by Crippen LogP contribution is 2.28. The van der Waals surface area contributed by atoms with Crippen LogP contribution in [0.5, 0.6) is 0 Å². The van der Waals surface area contributed by atoms with Crippen molar-refractivity contribution in [3.63, 3.8) is 0 Å². The summed E-state index contributed by atoms with van der Waals surface area (Å²) in [4.78, 5) is 67.0. The minimum absolute atomic E-state index is 0.192. The number of hydrogen-bond acceptors (Lipinski definition) is 6. The van der Waals surface area contributed by atoms with Crippen molar-refractivity contribution in [3.8, 4) is 0 Å². The van der Waals surface area contributed by atoms with Gasteiger partial charge in [-0.25, -0.2) is 28.8 Å². The third-order valence-electron chi connectivity index (χ3n) is 5.41. The number of hydrogen-bond donors (Lipinski definition) is 6. The maximum atomic E-state index is 11.3. The molecule has 0 amide bonds. The maximum Gasteiger partial charge on any atom is 0.337 e. The molecule has 6 N–H and O–H groups in total. The summed E-state index contributed by atoms with van der Waals surface area (Å²) in [6, 6.07) is 14.6. The van der Waals surface area contributed by atoms with Gasteiger partial charge in [0, 0.05) is 0 Å². The molecule has 0 aliphatic carbocycles. The van der Waals surface area contributed by atoms with Crippen LogP contribution in [-0.2, 0) is 0 Å². The summed E-state index contributed by atoms with van der Waals surface area (Å²) in [6.45, 7) is 0. The first kappa shape index (κ1) is 26.8. The van der Waals surface area contributed by atoms with Gasteiger partial charge in [0.05, 0.1) is 33.4 Å². The van der Waals surface area contributed by atoms with Gasteiger partial charge >= 0.3 is 35.8 Å². The van der Waals surface area contributed by atoms with Crippen LogP contribution in [0.3, 0.4) is 0 Å². The standard InChI is InChI=1S/2C13H8O6/c2*14-11(15)8-5-6-3-1-2-4-7(6)9(12(16)17)10(8)13(18)19/h2*1-5H,(H,14,15)(H,16,17)(H,18,19). The number of carbonyl (C=O) groups is 6. The Labute approximate surface area is 211 Å². The van der Waals surface area contributed by atoms with Crippen molar-refractivity contribution in [2.75, 3.05) is 0 Å². The van der Waals surface area contributed by atoms with Crippen molar-refractivity contribution in [2.45, 2.75) is 0 Å². The van der Waals surface area contributed by atoms with Crippen LogP contribution >= 0.6 is 0 Å². The lowest BCUT2D eigenvalue weighted by Crippen LogP contribution is -2.15. The van der Waals surface area contributed by atoms with Crippen molar-refractivity contribution in [2.24, 2.45) is 0 Å². The second-order valence-corrected chi connectivity index (χ2v) is 7.62. The Bertz CT molecular complexity index is 1560. The fraction of sp³-hybridized carbons (Fsp3) is 0. The van der Waals surface area contributed by atoms with Crippen molar-refractivity contribution in [3.05, 3.63) is 94.0 Å². The van der Waals surface area contributed by atoms with Crippen LogP contribution in [0.4, 0.5) is 0 Å². The highest BCUT2D eigenvalue weighted by Gasteiger charge is 2.27. The molecule has 0 aliphatic heterocycles. The van der Waals surface area contributed by atoms with E-state index in [0.717, 1.165) is 12.1 Å². The van der Waals surface area contributed by atoms with Crippen molar-refractivity contribution < 1.29 is 59.4 Å². The van der Waals surface area contributed by atoms with Gasteiger partial charge in [-0.2, -0.15) is 0 Å². The van der Waals surface area contributed by atoms with Crippen LogP contribution in [-0.4, -0.2) is 66.5 Å². The summed E-state index contributed by atoms with van der Waals surface area (Å²) in [5.41, 5.74) is -3.52. The zero-order valence-corrected chi connectivity index (χ0v) is 18.9. The van der Waals surface area contributed by atoms with E-state index >= 15 is 0 Å². The smallest absolute Gasteiger partial charge is 0.337 e. The van der Waals surface area contributed by atoms with E-state index < -0.39 is 69.2 Å². The fourth-order valence-corrected chi connectivity index (χ4v) is 3.92. The lowest BCUT2D eigenvalue weighted by molar-refractivity contribution is 0.0633. The Morgan fingerprint density at radius 2 is 0.684 bits per heavy atom. The van der Waals surface area contributed by atoms with E-state index in [4.69, 9.17) is 30.6 Å². The molecule has 12 nitrogen and oxygen atoms in total. The molecule has 0 saturated heterocycles. The van der Waals surface area contributed by atoms with Crippen molar-refractivity contribution >= 4 is 57.4 Å². The number of benzene rings is 4. The van der Waals surface area contributed by atoms with Gasteiger partial charge in [0.1, 0.15) is 0 Å². The third kappa shape index (κ3) is 4.95. The first-order valence-corrected chi connectivity index (χ1v) is 10.4. The lowest BCUT2D eigenvalue weighted by atomic mass is 9.94. The van der Waals surface area contributed by atoms with E-state index in [2.05, 4.69) is 0 Å². The Hall–Kier alpha value is -5.78. The number of carboxylic acid groups (broad SMARTS) is 6. The SMILES string of the molecule is O=C(O)c1cc2ccccc2c(C(=O)O)c1C(=O)O.O=C(O)c1cc2ccccc2c(C(=O)O)c1C(=O)O. The number of aromatic carboxylic acids is 6. The molecule has 0 spiro atoms. The molecule has 4 rings (SSSR count). The lowest BCUT2D eigenvalue weighted by Gasteiger charge is -2.09. The zero-order valence-electron chi connectivity index (χ0n) is 18.9. The normalized spacial score (nSPS) is 10.3. The summed E-state index contributed by atoms with van der Waals surface area (Å²) >= 11 is 0. The molecule has 38 heavy (non-hydrogen) atoms. The summed E-state index contributed by atoms with van der Waals surface area (Å²) in [7, 11) is 0. The predicted molar refractivity (Wildman–Crippen MR) is 130 cm³/mol. The molecule has 0 saturated carbocycles. The summed E-state index contributed by atoms with van der Waals surface area (Å²) in [6.07, 6.45) is 0. The Morgan fingerprint density at radius 3 is 0.947 bits per heavy atom. The quantitative estimate of drug-likeness (QED) is 0.213. The molecule has 4 aromatic rings. The van der Waals surface area contributed by atoms with Crippen LogP contribution in [0.25, 0.3) is 21.5 Å². The third-order valence-corrected chi connectivity index (χ3v) is 5.41. The largest absolute Gasteiger partial charge is 0.478 e. The van der Waals surface area contributed by atoms with E-state index in [1.165, 1.54) is 24.3 Å². The minimum atomic E-state index is -1.58. The highest BCUT2D eigenvalue weighted by atomic mass is 16.4. The number of carboxylic acids is 6. The van der Waals surface area contributed by atoms with Crippen LogP contribution in [0.15, 0.2) is 60.7 Å².